The number of aromatic nitrogens is 3. The zero-order chi connectivity index (χ0) is 14.1. The van der Waals surface area contributed by atoms with Crippen molar-refractivity contribution in [2.45, 2.75) is 38.5 Å². The Hall–Kier alpha value is -1.49. The van der Waals surface area contributed by atoms with Gasteiger partial charge in [-0.1, -0.05) is 12.8 Å². The van der Waals surface area contributed by atoms with Crippen molar-refractivity contribution >= 4 is 15.9 Å². The number of H-pyrrole nitrogens is 1. The third-order valence-corrected chi connectivity index (χ3v) is 4.69. The standard InChI is InChI=1S/C15H16BrN3O/c1-9-6-7-17-8-11(9)14-18-13(10-4-2-3-5-10)12(16)15(20)19-14/h6-8,10H,2-5H2,1H3,(H,18,19,20). The van der Waals surface area contributed by atoms with Crippen LogP contribution in [0.25, 0.3) is 11.4 Å². The van der Waals surface area contributed by atoms with Gasteiger partial charge in [-0.2, -0.15) is 0 Å². The van der Waals surface area contributed by atoms with Crippen LogP contribution in [0.4, 0.5) is 0 Å². The number of rotatable bonds is 2. The molecular formula is C15H16BrN3O. The van der Waals surface area contributed by atoms with Gasteiger partial charge in [0.2, 0.25) is 0 Å². The third kappa shape index (κ3) is 2.42. The molecule has 1 N–H and O–H groups in total. The average Bonchev–Trinajstić information content (AvgIpc) is 2.96. The van der Waals surface area contributed by atoms with Crippen LogP contribution in [0.3, 0.4) is 0 Å². The largest absolute Gasteiger partial charge is 0.305 e. The van der Waals surface area contributed by atoms with Gasteiger partial charge in [-0.05, 0) is 47.3 Å². The number of halogens is 1. The molecule has 0 spiro atoms. The molecule has 4 nitrogen and oxygen atoms in total. The molecule has 2 aromatic rings. The van der Waals surface area contributed by atoms with Crippen LogP contribution in [0.5, 0.6) is 0 Å². The lowest BCUT2D eigenvalue weighted by Gasteiger charge is -2.12. The summed E-state index contributed by atoms with van der Waals surface area (Å²) in [5.41, 5.74) is 2.73. The number of pyridine rings is 1. The van der Waals surface area contributed by atoms with Gasteiger partial charge in [0, 0.05) is 23.9 Å². The molecule has 0 unspecified atom stereocenters. The van der Waals surface area contributed by atoms with Gasteiger partial charge in [-0.25, -0.2) is 4.98 Å². The van der Waals surface area contributed by atoms with Crippen molar-refractivity contribution in [2.24, 2.45) is 0 Å². The Morgan fingerprint density at radius 3 is 2.80 bits per heavy atom. The molecule has 1 saturated carbocycles. The number of aryl methyl sites for hydroxylation is 1. The minimum absolute atomic E-state index is 0.111. The smallest absolute Gasteiger partial charge is 0.265 e. The van der Waals surface area contributed by atoms with E-state index in [-0.39, 0.29) is 5.56 Å². The Bertz CT molecular complexity index is 690. The minimum Gasteiger partial charge on any atom is -0.305 e. The maximum atomic E-state index is 12.1. The number of hydrogen-bond donors (Lipinski definition) is 1. The first kappa shape index (κ1) is 13.5. The van der Waals surface area contributed by atoms with Gasteiger partial charge in [0.1, 0.15) is 10.3 Å². The van der Waals surface area contributed by atoms with Crippen molar-refractivity contribution in [1.29, 1.82) is 0 Å². The molecule has 0 aromatic carbocycles. The molecule has 1 aliphatic rings. The summed E-state index contributed by atoms with van der Waals surface area (Å²) in [6.07, 6.45) is 8.15. The SMILES string of the molecule is Cc1ccncc1-c1nc(C2CCCC2)c(Br)c(=O)[nH]1. The van der Waals surface area contributed by atoms with Gasteiger partial charge in [-0.3, -0.25) is 9.78 Å². The van der Waals surface area contributed by atoms with Gasteiger partial charge in [0.15, 0.2) is 0 Å². The Morgan fingerprint density at radius 1 is 1.35 bits per heavy atom. The predicted octanol–water partition coefficient (Wildman–Crippen LogP) is 3.56. The highest BCUT2D eigenvalue weighted by atomic mass is 79.9. The molecule has 1 fully saturated rings. The summed E-state index contributed by atoms with van der Waals surface area (Å²) in [5.74, 6) is 1.01. The topological polar surface area (TPSA) is 58.6 Å². The summed E-state index contributed by atoms with van der Waals surface area (Å²) < 4.78 is 0.578. The van der Waals surface area contributed by atoms with Crippen molar-refractivity contribution < 1.29 is 0 Å². The van der Waals surface area contributed by atoms with E-state index in [2.05, 4.69) is 25.9 Å². The lowest BCUT2D eigenvalue weighted by atomic mass is 10.0. The van der Waals surface area contributed by atoms with E-state index in [1.165, 1.54) is 12.8 Å². The molecule has 2 aromatic heterocycles. The summed E-state index contributed by atoms with van der Waals surface area (Å²) in [4.78, 5) is 23.8. The summed E-state index contributed by atoms with van der Waals surface area (Å²) in [5, 5.41) is 0. The summed E-state index contributed by atoms with van der Waals surface area (Å²) in [6.45, 7) is 1.99. The van der Waals surface area contributed by atoms with Crippen molar-refractivity contribution in [2.75, 3.05) is 0 Å². The predicted molar refractivity (Wildman–Crippen MR) is 81.7 cm³/mol. The monoisotopic (exact) mass is 333 g/mol. The van der Waals surface area contributed by atoms with Gasteiger partial charge < -0.3 is 4.98 Å². The zero-order valence-electron chi connectivity index (χ0n) is 11.3. The first-order valence-electron chi connectivity index (χ1n) is 6.87. The molecule has 0 bridgehead atoms. The van der Waals surface area contributed by atoms with Crippen LogP contribution in [0.15, 0.2) is 27.7 Å². The second kappa shape index (κ2) is 5.48. The highest BCUT2D eigenvalue weighted by molar-refractivity contribution is 9.10. The van der Waals surface area contributed by atoms with E-state index in [1.54, 1.807) is 12.4 Å². The van der Waals surface area contributed by atoms with E-state index < -0.39 is 0 Å². The van der Waals surface area contributed by atoms with E-state index in [4.69, 9.17) is 4.98 Å². The Labute approximate surface area is 125 Å². The highest BCUT2D eigenvalue weighted by Gasteiger charge is 2.23. The number of aromatic amines is 1. The van der Waals surface area contributed by atoms with Crippen LogP contribution >= 0.6 is 15.9 Å². The maximum absolute atomic E-state index is 12.1. The molecule has 2 heterocycles. The zero-order valence-corrected chi connectivity index (χ0v) is 12.9. The number of nitrogens with zero attached hydrogens (tertiary/aromatic N) is 2. The molecular weight excluding hydrogens is 318 g/mol. The van der Waals surface area contributed by atoms with Crippen LogP contribution in [0.1, 0.15) is 42.9 Å². The van der Waals surface area contributed by atoms with E-state index in [9.17, 15) is 4.79 Å². The lowest BCUT2D eigenvalue weighted by Crippen LogP contribution is -2.15. The second-order valence-corrected chi connectivity index (χ2v) is 6.08. The summed E-state index contributed by atoms with van der Waals surface area (Å²) in [7, 11) is 0. The van der Waals surface area contributed by atoms with Crippen molar-refractivity contribution in [3.05, 3.63) is 44.5 Å². The van der Waals surface area contributed by atoms with Gasteiger partial charge in [0.25, 0.3) is 5.56 Å². The van der Waals surface area contributed by atoms with E-state index in [0.717, 1.165) is 29.7 Å². The fraction of sp³-hybridized carbons (Fsp3) is 0.400. The van der Waals surface area contributed by atoms with E-state index in [1.807, 2.05) is 13.0 Å². The van der Waals surface area contributed by atoms with Crippen molar-refractivity contribution in [3.63, 3.8) is 0 Å². The fourth-order valence-corrected chi connectivity index (χ4v) is 3.30. The second-order valence-electron chi connectivity index (χ2n) is 5.29. The third-order valence-electron chi connectivity index (χ3n) is 3.92. The van der Waals surface area contributed by atoms with E-state index in [0.29, 0.717) is 16.2 Å². The molecule has 104 valence electrons. The summed E-state index contributed by atoms with van der Waals surface area (Å²) >= 11 is 3.39. The normalized spacial score (nSPS) is 15.7. The van der Waals surface area contributed by atoms with Gasteiger partial charge in [0.05, 0.1) is 5.69 Å². The molecule has 0 radical (unpaired) electrons. The highest BCUT2D eigenvalue weighted by Crippen LogP contribution is 2.36. The number of nitrogens with one attached hydrogen (secondary N) is 1. The van der Waals surface area contributed by atoms with Gasteiger partial charge in [-0.15, -0.1) is 0 Å². The van der Waals surface area contributed by atoms with E-state index >= 15 is 0 Å². The molecule has 3 rings (SSSR count). The molecule has 0 amide bonds. The van der Waals surface area contributed by atoms with Crippen molar-refractivity contribution in [1.82, 2.24) is 15.0 Å². The Kier molecular flexibility index (Phi) is 3.70. The van der Waals surface area contributed by atoms with Gasteiger partial charge >= 0.3 is 0 Å². The first-order valence-corrected chi connectivity index (χ1v) is 7.67. The maximum Gasteiger partial charge on any atom is 0.265 e. The number of hydrogen-bond acceptors (Lipinski definition) is 3. The lowest BCUT2D eigenvalue weighted by molar-refractivity contribution is 0.688. The first-order chi connectivity index (χ1) is 9.66. The quantitative estimate of drug-likeness (QED) is 0.913. The Morgan fingerprint density at radius 2 is 2.10 bits per heavy atom. The fourth-order valence-electron chi connectivity index (χ4n) is 2.79. The van der Waals surface area contributed by atoms with Crippen LogP contribution in [0, 0.1) is 6.92 Å². The molecule has 0 aliphatic heterocycles. The van der Waals surface area contributed by atoms with Crippen LogP contribution in [-0.2, 0) is 0 Å². The van der Waals surface area contributed by atoms with Crippen LogP contribution in [0.2, 0.25) is 0 Å². The average molecular weight is 334 g/mol. The molecule has 1 aliphatic carbocycles. The van der Waals surface area contributed by atoms with Crippen LogP contribution < -0.4 is 5.56 Å². The molecule has 5 heteroatoms. The van der Waals surface area contributed by atoms with Crippen molar-refractivity contribution in [3.8, 4) is 11.4 Å². The molecule has 0 saturated heterocycles. The molecule has 0 atom stereocenters. The summed E-state index contributed by atoms with van der Waals surface area (Å²) in [6, 6.07) is 1.92. The molecule has 20 heavy (non-hydrogen) atoms. The minimum atomic E-state index is -0.111. The van der Waals surface area contributed by atoms with Crippen LogP contribution in [-0.4, -0.2) is 15.0 Å². The Balaban J connectivity index is 2.14.